The van der Waals surface area contributed by atoms with E-state index in [-0.39, 0.29) is 5.56 Å². The van der Waals surface area contributed by atoms with E-state index < -0.39 is 11.9 Å². The molecule has 1 N–H and O–H groups in total. The first-order valence-corrected chi connectivity index (χ1v) is 5.77. The average Bonchev–Trinajstić information content (AvgIpc) is 2.56. The molecule has 5 heteroatoms. The summed E-state index contributed by atoms with van der Waals surface area (Å²) in [4.78, 5) is 3.67. The highest BCUT2D eigenvalue weighted by Crippen LogP contribution is 2.23. The summed E-state index contributed by atoms with van der Waals surface area (Å²) in [6.45, 7) is 3.82. The Balaban J connectivity index is 2.27. The highest BCUT2D eigenvalue weighted by atomic mass is 19.1. The Hall–Kier alpha value is -1.75. The number of aromatic nitrogens is 3. The van der Waals surface area contributed by atoms with Crippen molar-refractivity contribution in [1.29, 1.82) is 0 Å². The first kappa shape index (κ1) is 12.7. The molecule has 18 heavy (non-hydrogen) atoms. The number of rotatable bonds is 3. The SMILES string of the molecule is Cc1nn(C)c(C)c1CC(O)c1ccncc1F. The van der Waals surface area contributed by atoms with Crippen molar-refractivity contribution in [3.63, 3.8) is 0 Å². The van der Waals surface area contributed by atoms with Crippen LogP contribution in [0.5, 0.6) is 0 Å². The topological polar surface area (TPSA) is 50.9 Å². The minimum atomic E-state index is -0.880. The van der Waals surface area contributed by atoms with Gasteiger partial charge in [0.2, 0.25) is 0 Å². The molecule has 1 unspecified atom stereocenters. The summed E-state index contributed by atoms with van der Waals surface area (Å²) < 4.78 is 15.3. The van der Waals surface area contributed by atoms with E-state index >= 15 is 0 Å². The van der Waals surface area contributed by atoms with Crippen LogP contribution in [-0.2, 0) is 13.5 Å². The van der Waals surface area contributed by atoms with Gasteiger partial charge < -0.3 is 5.11 Å². The Morgan fingerprint density at radius 1 is 1.44 bits per heavy atom. The molecule has 2 aromatic heterocycles. The molecule has 0 aliphatic heterocycles. The van der Waals surface area contributed by atoms with E-state index in [0.717, 1.165) is 23.1 Å². The molecule has 0 fully saturated rings. The molecule has 4 nitrogen and oxygen atoms in total. The Kier molecular flexibility index (Phi) is 3.43. The van der Waals surface area contributed by atoms with Crippen LogP contribution in [0.3, 0.4) is 0 Å². The van der Waals surface area contributed by atoms with Crippen molar-refractivity contribution in [2.24, 2.45) is 7.05 Å². The maximum Gasteiger partial charge on any atom is 0.147 e. The van der Waals surface area contributed by atoms with Crippen LogP contribution >= 0.6 is 0 Å². The van der Waals surface area contributed by atoms with Gasteiger partial charge in [0.15, 0.2) is 0 Å². The second-order valence-electron chi connectivity index (χ2n) is 4.39. The molecule has 0 bridgehead atoms. The maximum absolute atomic E-state index is 13.5. The number of halogens is 1. The third kappa shape index (κ3) is 2.26. The fraction of sp³-hybridized carbons (Fsp3) is 0.385. The summed E-state index contributed by atoms with van der Waals surface area (Å²) in [7, 11) is 1.85. The molecule has 96 valence electrons. The van der Waals surface area contributed by atoms with Crippen LogP contribution in [0.2, 0.25) is 0 Å². The molecule has 0 aliphatic rings. The lowest BCUT2D eigenvalue weighted by Crippen LogP contribution is -2.06. The molecular formula is C13H16FN3O. The zero-order valence-electron chi connectivity index (χ0n) is 10.7. The van der Waals surface area contributed by atoms with Crippen molar-refractivity contribution >= 4 is 0 Å². The van der Waals surface area contributed by atoms with Gasteiger partial charge in [-0.1, -0.05) is 0 Å². The fourth-order valence-corrected chi connectivity index (χ4v) is 2.07. The largest absolute Gasteiger partial charge is 0.388 e. The molecule has 0 aromatic carbocycles. The standard InChI is InChI=1S/C13H16FN3O/c1-8-11(9(2)17(3)16-8)6-13(18)10-4-5-15-7-12(10)14/h4-5,7,13,18H,6H2,1-3H3. The molecule has 0 saturated carbocycles. The normalized spacial score (nSPS) is 12.7. The molecule has 0 radical (unpaired) electrons. The lowest BCUT2D eigenvalue weighted by molar-refractivity contribution is 0.173. The van der Waals surface area contributed by atoms with Gasteiger partial charge in [0.05, 0.1) is 18.0 Å². The summed E-state index contributed by atoms with van der Waals surface area (Å²) in [5.74, 6) is -0.482. The lowest BCUT2D eigenvalue weighted by Gasteiger charge is -2.11. The molecule has 0 aliphatic carbocycles. The number of aliphatic hydroxyl groups is 1. The lowest BCUT2D eigenvalue weighted by atomic mass is 10.0. The van der Waals surface area contributed by atoms with Crippen LogP contribution in [0, 0.1) is 19.7 Å². The average molecular weight is 249 g/mol. The number of pyridine rings is 1. The van der Waals surface area contributed by atoms with Gasteiger partial charge >= 0.3 is 0 Å². The Labute approximate surface area is 105 Å². The van der Waals surface area contributed by atoms with Crippen molar-refractivity contribution in [3.05, 3.63) is 46.8 Å². The summed E-state index contributed by atoms with van der Waals surface area (Å²) in [5.41, 5.74) is 3.08. The van der Waals surface area contributed by atoms with Crippen LogP contribution in [0.1, 0.15) is 28.6 Å². The van der Waals surface area contributed by atoms with Gasteiger partial charge in [-0.2, -0.15) is 5.10 Å². The van der Waals surface area contributed by atoms with Gasteiger partial charge in [-0.15, -0.1) is 0 Å². The van der Waals surface area contributed by atoms with E-state index in [0.29, 0.717) is 6.42 Å². The van der Waals surface area contributed by atoms with Crippen molar-refractivity contribution in [2.75, 3.05) is 0 Å². The Bertz CT molecular complexity index is 565. The third-order valence-electron chi connectivity index (χ3n) is 3.22. The van der Waals surface area contributed by atoms with Crippen LogP contribution in [0.25, 0.3) is 0 Å². The maximum atomic E-state index is 13.5. The number of hydrogen-bond donors (Lipinski definition) is 1. The van der Waals surface area contributed by atoms with E-state index in [2.05, 4.69) is 10.1 Å². The van der Waals surface area contributed by atoms with E-state index in [4.69, 9.17) is 0 Å². The van der Waals surface area contributed by atoms with Crippen LogP contribution in [0.4, 0.5) is 4.39 Å². The zero-order valence-corrected chi connectivity index (χ0v) is 10.7. The number of aryl methyl sites for hydroxylation is 2. The molecule has 1 atom stereocenters. The summed E-state index contributed by atoms with van der Waals surface area (Å²) >= 11 is 0. The van der Waals surface area contributed by atoms with Gasteiger partial charge in [-0.3, -0.25) is 9.67 Å². The highest BCUT2D eigenvalue weighted by Gasteiger charge is 2.18. The monoisotopic (exact) mass is 249 g/mol. The van der Waals surface area contributed by atoms with Crippen molar-refractivity contribution in [1.82, 2.24) is 14.8 Å². The van der Waals surface area contributed by atoms with Crippen LogP contribution in [-0.4, -0.2) is 19.9 Å². The molecule has 2 aromatic rings. The van der Waals surface area contributed by atoms with Gasteiger partial charge in [0.25, 0.3) is 0 Å². The van der Waals surface area contributed by atoms with Crippen molar-refractivity contribution in [2.45, 2.75) is 26.4 Å². The molecule has 0 amide bonds. The minimum absolute atomic E-state index is 0.271. The van der Waals surface area contributed by atoms with E-state index in [1.54, 1.807) is 4.68 Å². The molecule has 0 saturated heterocycles. The van der Waals surface area contributed by atoms with Crippen molar-refractivity contribution in [3.8, 4) is 0 Å². The fourth-order valence-electron chi connectivity index (χ4n) is 2.07. The number of hydrogen-bond acceptors (Lipinski definition) is 3. The first-order valence-electron chi connectivity index (χ1n) is 5.77. The summed E-state index contributed by atoms with van der Waals surface area (Å²) in [6.07, 6.45) is 2.06. The second-order valence-corrected chi connectivity index (χ2v) is 4.39. The smallest absolute Gasteiger partial charge is 0.147 e. The van der Waals surface area contributed by atoms with E-state index in [9.17, 15) is 9.50 Å². The summed E-state index contributed by atoms with van der Waals surface area (Å²) in [5, 5.41) is 14.4. The predicted octanol–water partition coefficient (Wildman–Crippen LogP) is 1.85. The number of aliphatic hydroxyl groups excluding tert-OH is 1. The van der Waals surface area contributed by atoms with Gasteiger partial charge in [0, 0.05) is 30.9 Å². The summed E-state index contributed by atoms with van der Waals surface area (Å²) in [6, 6.07) is 1.50. The second kappa shape index (κ2) is 4.86. The Morgan fingerprint density at radius 3 is 2.72 bits per heavy atom. The Morgan fingerprint density at radius 2 is 2.17 bits per heavy atom. The quantitative estimate of drug-likeness (QED) is 0.903. The van der Waals surface area contributed by atoms with Gasteiger partial charge in [0.1, 0.15) is 5.82 Å². The van der Waals surface area contributed by atoms with Crippen LogP contribution in [0.15, 0.2) is 18.5 Å². The van der Waals surface area contributed by atoms with Gasteiger partial charge in [-0.25, -0.2) is 4.39 Å². The van der Waals surface area contributed by atoms with Gasteiger partial charge in [-0.05, 0) is 25.5 Å². The first-order chi connectivity index (χ1) is 8.50. The molecule has 2 heterocycles. The molecular weight excluding hydrogens is 233 g/mol. The minimum Gasteiger partial charge on any atom is -0.388 e. The van der Waals surface area contributed by atoms with Crippen LogP contribution < -0.4 is 0 Å². The molecule has 2 rings (SSSR count). The van der Waals surface area contributed by atoms with E-state index in [1.165, 1.54) is 12.3 Å². The van der Waals surface area contributed by atoms with Crippen molar-refractivity contribution < 1.29 is 9.50 Å². The predicted molar refractivity (Wildman–Crippen MR) is 65.5 cm³/mol. The van der Waals surface area contributed by atoms with E-state index in [1.807, 2.05) is 20.9 Å². The molecule has 0 spiro atoms. The third-order valence-corrected chi connectivity index (χ3v) is 3.22. The highest BCUT2D eigenvalue weighted by molar-refractivity contribution is 5.27. The number of nitrogens with zero attached hydrogens (tertiary/aromatic N) is 3. The zero-order chi connectivity index (χ0) is 13.3.